The zero-order chi connectivity index (χ0) is 11.5. The second-order valence-corrected chi connectivity index (χ2v) is 3.46. The Labute approximate surface area is 87.5 Å². The minimum Gasteiger partial charge on any atom is -0.496 e. The molecule has 15 heavy (non-hydrogen) atoms. The highest BCUT2D eigenvalue weighted by atomic mass is 19.1. The van der Waals surface area contributed by atoms with Gasteiger partial charge in [0.15, 0.2) is 0 Å². The zero-order valence-electron chi connectivity index (χ0n) is 8.66. The van der Waals surface area contributed by atoms with Crippen LogP contribution in [-0.4, -0.2) is 18.5 Å². The van der Waals surface area contributed by atoms with Crippen LogP contribution in [0.15, 0.2) is 18.2 Å². The maximum atomic E-state index is 13.5. The molecule has 0 aliphatic heterocycles. The monoisotopic (exact) mass is 212 g/mol. The lowest BCUT2D eigenvalue weighted by atomic mass is 9.92. The van der Waals surface area contributed by atoms with Gasteiger partial charge in [0, 0.05) is 6.42 Å². The molecule has 0 bridgehead atoms. The number of ether oxygens (including phenoxy) is 1. The highest BCUT2D eigenvalue weighted by Crippen LogP contribution is 2.33. The van der Waals surface area contributed by atoms with Gasteiger partial charge in [-0.15, -0.1) is 0 Å². The summed E-state index contributed by atoms with van der Waals surface area (Å²) in [7, 11) is 1.38. The van der Waals surface area contributed by atoms with Crippen LogP contribution in [0.25, 0.3) is 0 Å². The summed E-state index contributed by atoms with van der Waals surface area (Å²) in [5, 5.41) is 9.93. The van der Waals surface area contributed by atoms with Crippen molar-refractivity contribution in [1.29, 1.82) is 0 Å². The van der Waals surface area contributed by atoms with Gasteiger partial charge in [-0.05, 0) is 19.1 Å². The van der Waals surface area contributed by atoms with Gasteiger partial charge >= 0.3 is 0 Å². The van der Waals surface area contributed by atoms with Gasteiger partial charge in [0.05, 0.1) is 18.3 Å². The Hall–Kier alpha value is -1.42. The van der Waals surface area contributed by atoms with E-state index in [1.807, 2.05) is 0 Å². The van der Waals surface area contributed by atoms with Crippen molar-refractivity contribution in [2.45, 2.75) is 18.9 Å². The lowest BCUT2D eigenvalue weighted by Gasteiger charge is -2.23. The van der Waals surface area contributed by atoms with Crippen LogP contribution in [0.5, 0.6) is 5.75 Å². The number of aliphatic hydroxyl groups is 1. The second-order valence-electron chi connectivity index (χ2n) is 3.46. The molecule has 1 aromatic rings. The number of carbonyl (C=O) groups excluding carboxylic acids is 1. The molecule has 1 N–H and O–H groups in total. The molecular formula is C11H13FO3. The van der Waals surface area contributed by atoms with Gasteiger partial charge in [0.2, 0.25) is 0 Å². The summed E-state index contributed by atoms with van der Waals surface area (Å²) < 4.78 is 18.4. The maximum absolute atomic E-state index is 13.5. The number of hydrogen-bond acceptors (Lipinski definition) is 3. The average molecular weight is 212 g/mol. The maximum Gasteiger partial charge on any atom is 0.133 e. The molecule has 0 saturated heterocycles. The first kappa shape index (κ1) is 11.7. The van der Waals surface area contributed by atoms with Crippen molar-refractivity contribution in [2.24, 2.45) is 0 Å². The first-order chi connectivity index (χ1) is 7.03. The van der Waals surface area contributed by atoms with Crippen LogP contribution in [0.1, 0.15) is 18.9 Å². The van der Waals surface area contributed by atoms with Crippen LogP contribution < -0.4 is 4.74 Å². The molecular weight excluding hydrogens is 199 g/mol. The van der Waals surface area contributed by atoms with Gasteiger partial charge in [-0.1, -0.05) is 6.07 Å². The fourth-order valence-electron chi connectivity index (χ4n) is 1.46. The summed E-state index contributed by atoms with van der Waals surface area (Å²) in [6, 6.07) is 4.24. The highest BCUT2D eigenvalue weighted by molar-refractivity contribution is 5.54. The van der Waals surface area contributed by atoms with E-state index in [1.54, 1.807) is 0 Å². The number of aldehydes is 1. The van der Waals surface area contributed by atoms with Crippen molar-refractivity contribution in [3.8, 4) is 5.75 Å². The lowest BCUT2D eigenvalue weighted by Crippen LogP contribution is -2.24. The van der Waals surface area contributed by atoms with E-state index in [4.69, 9.17) is 4.74 Å². The topological polar surface area (TPSA) is 46.5 Å². The summed E-state index contributed by atoms with van der Waals surface area (Å²) in [4.78, 5) is 10.4. The lowest BCUT2D eigenvalue weighted by molar-refractivity contribution is -0.112. The number of hydrogen-bond donors (Lipinski definition) is 1. The predicted molar refractivity (Wildman–Crippen MR) is 53.2 cm³/mol. The molecule has 0 amide bonds. The summed E-state index contributed by atoms with van der Waals surface area (Å²) in [6.45, 7) is 1.38. The van der Waals surface area contributed by atoms with Crippen molar-refractivity contribution in [1.82, 2.24) is 0 Å². The van der Waals surface area contributed by atoms with E-state index >= 15 is 0 Å². The Bertz CT molecular complexity index is 361. The van der Waals surface area contributed by atoms with Crippen LogP contribution in [0, 0.1) is 5.82 Å². The molecule has 0 spiro atoms. The smallest absolute Gasteiger partial charge is 0.133 e. The molecule has 0 aliphatic rings. The third-order valence-electron chi connectivity index (χ3n) is 2.21. The van der Waals surface area contributed by atoms with Crippen LogP contribution in [0.4, 0.5) is 4.39 Å². The van der Waals surface area contributed by atoms with Crippen molar-refractivity contribution in [2.75, 3.05) is 7.11 Å². The molecule has 0 heterocycles. The molecule has 0 aromatic heterocycles. The second kappa shape index (κ2) is 4.40. The Morgan fingerprint density at radius 3 is 2.80 bits per heavy atom. The Balaban J connectivity index is 3.27. The fourth-order valence-corrected chi connectivity index (χ4v) is 1.46. The Morgan fingerprint density at radius 1 is 1.60 bits per heavy atom. The highest BCUT2D eigenvalue weighted by Gasteiger charge is 2.29. The molecule has 1 aromatic carbocycles. The van der Waals surface area contributed by atoms with E-state index in [2.05, 4.69) is 0 Å². The van der Waals surface area contributed by atoms with Crippen molar-refractivity contribution in [3.05, 3.63) is 29.6 Å². The summed E-state index contributed by atoms with van der Waals surface area (Å²) >= 11 is 0. The van der Waals surface area contributed by atoms with E-state index < -0.39 is 11.4 Å². The first-order valence-electron chi connectivity index (χ1n) is 4.52. The molecule has 4 heteroatoms. The molecule has 0 aliphatic carbocycles. The molecule has 1 rings (SSSR count). The number of rotatable bonds is 4. The van der Waals surface area contributed by atoms with Crippen molar-refractivity contribution in [3.63, 3.8) is 0 Å². The molecule has 82 valence electrons. The van der Waals surface area contributed by atoms with E-state index in [0.29, 0.717) is 6.29 Å². The fraction of sp³-hybridized carbons (Fsp3) is 0.364. The molecule has 0 fully saturated rings. The number of halogens is 1. The zero-order valence-corrected chi connectivity index (χ0v) is 8.66. The van der Waals surface area contributed by atoms with Crippen molar-refractivity contribution >= 4 is 6.29 Å². The number of carbonyl (C=O) groups is 1. The third kappa shape index (κ3) is 2.33. The molecule has 3 nitrogen and oxygen atoms in total. The minimum absolute atomic E-state index is 0.0135. The summed E-state index contributed by atoms with van der Waals surface area (Å²) in [6.07, 6.45) is 0.371. The van der Waals surface area contributed by atoms with Gasteiger partial charge < -0.3 is 14.6 Å². The average Bonchev–Trinajstić information content (AvgIpc) is 2.16. The van der Waals surface area contributed by atoms with Crippen LogP contribution in [0.3, 0.4) is 0 Å². The SMILES string of the molecule is COc1cccc(F)c1C(C)(O)CC=O. The number of methoxy groups -OCH3 is 1. The Morgan fingerprint density at radius 2 is 2.27 bits per heavy atom. The molecule has 1 unspecified atom stereocenters. The normalized spacial score (nSPS) is 14.4. The predicted octanol–water partition coefficient (Wildman–Crippen LogP) is 1.63. The summed E-state index contributed by atoms with van der Waals surface area (Å²) in [5.41, 5.74) is -1.53. The number of benzene rings is 1. The molecule has 0 radical (unpaired) electrons. The summed E-state index contributed by atoms with van der Waals surface area (Å²) in [5.74, 6) is -0.344. The van der Waals surface area contributed by atoms with E-state index in [-0.39, 0.29) is 17.7 Å². The standard InChI is InChI=1S/C11H13FO3/c1-11(14,6-7-13)10-8(12)4-3-5-9(10)15-2/h3-5,7,14H,6H2,1-2H3. The Kier molecular flexibility index (Phi) is 3.42. The van der Waals surface area contributed by atoms with Crippen LogP contribution in [0.2, 0.25) is 0 Å². The van der Waals surface area contributed by atoms with E-state index in [0.717, 1.165) is 0 Å². The van der Waals surface area contributed by atoms with Gasteiger partial charge in [-0.25, -0.2) is 4.39 Å². The first-order valence-corrected chi connectivity index (χ1v) is 4.52. The largest absolute Gasteiger partial charge is 0.496 e. The van der Waals surface area contributed by atoms with Crippen LogP contribution in [-0.2, 0) is 10.4 Å². The molecule has 0 saturated carbocycles. The quantitative estimate of drug-likeness (QED) is 0.771. The van der Waals surface area contributed by atoms with Crippen LogP contribution >= 0.6 is 0 Å². The van der Waals surface area contributed by atoms with Crippen molar-refractivity contribution < 1.29 is 19.0 Å². The van der Waals surface area contributed by atoms with E-state index in [1.165, 1.54) is 32.2 Å². The van der Waals surface area contributed by atoms with Gasteiger partial charge in [-0.2, -0.15) is 0 Å². The van der Waals surface area contributed by atoms with Gasteiger partial charge in [-0.3, -0.25) is 0 Å². The van der Waals surface area contributed by atoms with Gasteiger partial charge in [0.1, 0.15) is 17.9 Å². The third-order valence-corrected chi connectivity index (χ3v) is 2.21. The minimum atomic E-state index is -1.54. The molecule has 1 atom stereocenters. The van der Waals surface area contributed by atoms with E-state index in [9.17, 15) is 14.3 Å². The van der Waals surface area contributed by atoms with Gasteiger partial charge in [0.25, 0.3) is 0 Å².